The van der Waals surface area contributed by atoms with E-state index in [1.54, 1.807) is 13.8 Å². The van der Waals surface area contributed by atoms with E-state index in [-0.39, 0.29) is 0 Å². The molecule has 0 aromatic rings. The second kappa shape index (κ2) is 8.39. The average Bonchev–Trinajstić information content (AvgIpc) is 2.14. The van der Waals surface area contributed by atoms with Gasteiger partial charge in [-0.3, -0.25) is 0 Å². The molecule has 0 aromatic carbocycles. The predicted octanol–water partition coefficient (Wildman–Crippen LogP) is 3.12. The zero-order valence-electron chi connectivity index (χ0n) is 10.2. The van der Waals surface area contributed by atoms with Crippen molar-refractivity contribution in [2.24, 2.45) is 0 Å². The first-order valence-corrected chi connectivity index (χ1v) is 5.78. The molecule has 0 saturated carbocycles. The van der Waals surface area contributed by atoms with Crippen LogP contribution < -0.4 is 0 Å². The molecule has 1 N–H and O–H groups in total. The average molecular weight is 206 g/mol. The number of rotatable bonds is 5. The molecule has 84 valence electrons. The van der Waals surface area contributed by atoms with Gasteiger partial charge in [-0.2, -0.15) is 0 Å². The van der Waals surface area contributed by atoms with E-state index in [0.29, 0.717) is 0 Å². The number of unbranched alkanes of at least 4 members (excludes halogenated alkanes) is 5. The van der Waals surface area contributed by atoms with Crippen LogP contribution in [0.3, 0.4) is 0 Å². The monoisotopic (exact) mass is 206 g/mol. The van der Waals surface area contributed by atoms with E-state index in [2.05, 4.69) is 30.6 Å². The van der Waals surface area contributed by atoms with Gasteiger partial charge in [0.1, 0.15) is 5.60 Å². The molecule has 0 radical (unpaired) electrons. The number of hydrogen-bond acceptors (Lipinski definition) is 1. The van der Waals surface area contributed by atoms with Crippen molar-refractivity contribution in [3.05, 3.63) is 0 Å². The van der Waals surface area contributed by atoms with Gasteiger partial charge in [0.15, 0.2) is 0 Å². The lowest BCUT2D eigenvalue weighted by molar-refractivity contribution is 0.143. The summed E-state index contributed by atoms with van der Waals surface area (Å²) >= 11 is 0. The SMILES string of the molecule is CCCCCCCC#CC#CC(C)(C)O. The molecule has 0 aromatic heterocycles. The van der Waals surface area contributed by atoms with Crippen molar-refractivity contribution < 1.29 is 5.11 Å². The lowest BCUT2D eigenvalue weighted by atomic mass is 10.1. The highest BCUT2D eigenvalue weighted by atomic mass is 16.3. The van der Waals surface area contributed by atoms with Crippen LogP contribution in [-0.2, 0) is 0 Å². The second-order valence-corrected chi connectivity index (χ2v) is 4.28. The minimum atomic E-state index is -0.921. The van der Waals surface area contributed by atoms with Gasteiger partial charge in [-0.1, -0.05) is 44.4 Å². The lowest BCUT2D eigenvalue weighted by Crippen LogP contribution is -2.14. The highest BCUT2D eigenvalue weighted by Crippen LogP contribution is 2.03. The molecular weight excluding hydrogens is 184 g/mol. The molecule has 15 heavy (non-hydrogen) atoms. The quantitative estimate of drug-likeness (QED) is 0.541. The summed E-state index contributed by atoms with van der Waals surface area (Å²) in [6, 6.07) is 0. The summed E-state index contributed by atoms with van der Waals surface area (Å²) < 4.78 is 0. The Balaban J connectivity index is 3.50. The van der Waals surface area contributed by atoms with E-state index in [9.17, 15) is 5.11 Å². The predicted molar refractivity (Wildman–Crippen MR) is 65.2 cm³/mol. The maximum atomic E-state index is 9.28. The highest BCUT2D eigenvalue weighted by Gasteiger charge is 2.04. The third kappa shape index (κ3) is 13.1. The third-order valence-electron chi connectivity index (χ3n) is 1.92. The van der Waals surface area contributed by atoms with Crippen LogP contribution in [0.25, 0.3) is 0 Å². The van der Waals surface area contributed by atoms with Gasteiger partial charge >= 0.3 is 0 Å². The maximum Gasteiger partial charge on any atom is 0.120 e. The van der Waals surface area contributed by atoms with E-state index in [1.807, 2.05) is 0 Å². The molecule has 0 saturated heterocycles. The first-order valence-electron chi connectivity index (χ1n) is 5.78. The standard InChI is InChI=1S/C14H22O/c1-4-5-6-7-8-9-10-11-12-13-14(2,3)15/h15H,4-9H2,1-3H3. The Morgan fingerprint density at radius 3 is 2.27 bits per heavy atom. The molecule has 0 aliphatic carbocycles. The molecule has 0 amide bonds. The zero-order valence-corrected chi connectivity index (χ0v) is 10.2. The van der Waals surface area contributed by atoms with Crippen LogP contribution in [0, 0.1) is 23.7 Å². The Hall–Kier alpha value is -0.920. The largest absolute Gasteiger partial charge is 0.378 e. The Morgan fingerprint density at radius 1 is 1.00 bits per heavy atom. The van der Waals surface area contributed by atoms with E-state index in [0.717, 1.165) is 12.8 Å². The molecule has 0 rings (SSSR count). The van der Waals surface area contributed by atoms with Gasteiger partial charge in [-0.05, 0) is 32.1 Å². The fourth-order valence-corrected chi connectivity index (χ4v) is 1.11. The Morgan fingerprint density at radius 2 is 1.67 bits per heavy atom. The maximum absolute atomic E-state index is 9.28. The van der Waals surface area contributed by atoms with Crippen LogP contribution >= 0.6 is 0 Å². The van der Waals surface area contributed by atoms with Crippen LogP contribution in [0.2, 0.25) is 0 Å². The molecule has 0 fully saturated rings. The smallest absolute Gasteiger partial charge is 0.120 e. The summed E-state index contributed by atoms with van der Waals surface area (Å²) in [5, 5.41) is 9.28. The molecule has 0 spiro atoms. The van der Waals surface area contributed by atoms with E-state index < -0.39 is 5.60 Å². The Kier molecular flexibility index (Phi) is 7.88. The van der Waals surface area contributed by atoms with Crippen LogP contribution in [0.5, 0.6) is 0 Å². The summed E-state index contributed by atoms with van der Waals surface area (Å²) in [6.07, 6.45) is 7.27. The van der Waals surface area contributed by atoms with Gasteiger partial charge in [0.25, 0.3) is 0 Å². The highest BCUT2D eigenvalue weighted by molar-refractivity contribution is 5.28. The molecular formula is C14H22O. The molecule has 1 nitrogen and oxygen atoms in total. The lowest BCUT2D eigenvalue weighted by Gasteiger charge is -2.04. The third-order valence-corrected chi connectivity index (χ3v) is 1.92. The van der Waals surface area contributed by atoms with E-state index in [4.69, 9.17) is 0 Å². The molecule has 0 bridgehead atoms. The van der Waals surface area contributed by atoms with Gasteiger partial charge in [0, 0.05) is 6.42 Å². The summed E-state index contributed by atoms with van der Waals surface area (Å²) in [7, 11) is 0. The van der Waals surface area contributed by atoms with Crippen molar-refractivity contribution in [3.8, 4) is 23.7 Å². The van der Waals surface area contributed by atoms with Gasteiger partial charge in [0.2, 0.25) is 0 Å². The Bertz CT molecular complexity index is 262. The van der Waals surface area contributed by atoms with Crippen molar-refractivity contribution in [3.63, 3.8) is 0 Å². The van der Waals surface area contributed by atoms with Crippen LogP contribution in [0.1, 0.15) is 59.3 Å². The first-order chi connectivity index (χ1) is 7.06. The molecule has 0 heterocycles. The minimum absolute atomic E-state index is 0.921. The first kappa shape index (κ1) is 14.1. The van der Waals surface area contributed by atoms with E-state index >= 15 is 0 Å². The van der Waals surface area contributed by atoms with Gasteiger partial charge in [-0.15, -0.1) is 0 Å². The molecule has 0 aliphatic heterocycles. The number of aliphatic hydroxyl groups is 1. The van der Waals surface area contributed by atoms with Crippen LogP contribution in [0.4, 0.5) is 0 Å². The topological polar surface area (TPSA) is 20.2 Å². The summed E-state index contributed by atoms with van der Waals surface area (Å²) in [5.74, 6) is 11.1. The van der Waals surface area contributed by atoms with Crippen molar-refractivity contribution in [2.45, 2.75) is 64.9 Å². The molecule has 0 aliphatic rings. The van der Waals surface area contributed by atoms with Crippen molar-refractivity contribution in [1.82, 2.24) is 0 Å². The van der Waals surface area contributed by atoms with Crippen molar-refractivity contribution >= 4 is 0 Å². The minimum Gasteiger partial charge on any atom is -0.378 e. The number of hydrogen-bond donors (Lipinski definition) is 1. The normalized spacial score (nSPS) is 9.87. The molecule has 0 atom stereocenters. The van der Waals surface area contributed by atoms with E-state index in [1.165, 1.54) is 25.7 Å². The molecule has 1 heteroatoms. The van der Waals surface area contributed by atoms with Crippen molar-refractivity contribution in [1.29, 1.82) is 0 Å². The molecule has 0 unspecified atom stereocenters. The summed E-state index contributed by atoms with van der Waals surface area (Å²) in [6.45, 7) is 5.53. The van der Waals surface area contributed by atoms with Crippen LogP contribution in [0.15, 0.2) is 0 Å². The van der Waals surface area contributed by atoms with Crippen molar-refractivity contribution in [2.75, 3.05) is 0 Å². The van der Waals surface area contributed by atoms with Crippen LogP contribution in [-0.4, -0.2) is 10.7 Å². The van der Waals surface area contributed by atoms with Gasteiger partial charge in [-0.25, -0.2) is 0 Å². The second-order valence-electron chi connectivity index (χ2n) is 4.28. The summed E-state index contributed by atoms with van der Waals surface area (Å²) in [4.78, 5) is 0. The van der Waals surface area contributed by atoms with Gasteiger partial charge < -0.3 is 5.11 Å². The summed E-state index contributed by atoms with van der Waals surface area (Å²) in [5.41, 5.74) is -0.921. The Labute approximate surface area is 94.3 Å². The fourth-order valence-electron chi connectivity index (χ4n) is 1.11. The zero-order chi connectivity index (χ0) is 11.6. The van der Waals surface area contributed by atoms with Gasteiger partial charge in [0.05, 0.1) is 0 Å². The fraction of sp³-hybridized carbons (Fsp3) is 0.714.